The van der Waals surface area contributed by atoms with Gasteiger partial charge in [-0.2, -0.15) is 0 Å². The summed E-state index contributed by atoms with van der Waals surface area (Å²) in [5, 5.41) is 0.0499. The molecule has 0 saturated carbocycles. The summed E-state index contributed by atoms with van der Waals surface area (Å²) in [7, 11) is -2.03. The first-order valence-corrected chi connectivity index (χ1v) is 16.3. The molecular formula is C24H37BrN4O8Si. The van der Waals surface area contributed by atoms with Crippen LogP contribution in [-0.4, -0.2) is 77.3 Å². The number of fused-ring (bicyclic) bond motifs is 2. The first-order chi connectivity index (χ1) is 17.6. The van der Waals surface area contributed by atoms with E-state index in [-0.39, 0.29) is 48.3 Å². The van der Waals surface area contributed by atoms with Gasteiger partial charge in [0, 0.05) is 6.92 Å². The van der Waals surface area contributed by atoms with E-state index in [0.29, 0.717) is 17.0 Å². The molecule has 0 aliphatic carbocycles. The van der Waals surface area contributed by atoms with Crippen LogP contribution in [0.3, 0.4) is 0 Å². The van der Waals surface area contributed by atoms with Crippen molar-refractivity contribution in [2.75, 3.05) is 19.8 Å². The fraction of sp³-hybridized carbons (Fsp3) is 0.750. The van der Waals surface area contributed by atoms with Crippen LogP contribution in [0.1, 0.15) is 47.8 Å². The van der Waals surface area contributed by atoms with E-state index < -0.39 is 32.4 Å². The number of aromatic nitrogens is 4. The van der Waals surface area contributed by atoms with E-state index in [1.807, 2.05) is 13.8 Å². The lowest BCUT2D eigenvalue weighted by atomic mass is 10.1. The number of halogens is 1. The molecule has 14 heteroatoms. The number of imidazole rings is 1. The van der Waals surface area contributed by atoms with Gasteiger partial charge in [-0.1, -0.05) is 20.8 Å². The lowest BCUT2D eigenvalue weighted by Gasteiger charge is -2.37. The van der Waals surface area contributed by atoms with Gasteiger partial charge < -0.3 is 28.1 Å². The maximum Gasteiger partial charge on any atom is 0.302 e. The average Bonchev–Trinajstić information content (AvgIpc) is 3.40. The number of esters is 1. The van der Waals surface area contributed by atoms with Crippen LogP contribution in [0.4, 0.5) is 0 Å². The van der Waals surface area contributed by atoms with E-state index in [1.165, 1.54) is 17.8 Å². The van der Waals surface area contributed by atoms with E-state index in [1.54, 1.807) is 4.57 Å². The fourth-order valence-electron chi connectivity index (χ4n) is 4.21. The molecule has 212 valence electrons. The first-order valence-electron chi connectivity index (χ1n) is 12.6. The molecule has 2 saturated heterocycles. The Balaban J connectivity index is 1.57. The molecule has 0 aromatic carbocycles. The highest BCUT2D eigenvalue weighted by molar-refractivity contribution is 9.10. The van der Waals surface area contributed by atoms with Gasteiger partial charge in [0.05, 0.1) is 13.2 Å². The summed E-state index contributed by atoms with van der Waals surface area (Å²) in [6.45, 7) is 16.6. The summed E-state index contributed by atoms with van der Waals surface area (Å²) in [4.78, 5) is 32.9. The average molecular weight is 618 g/mol. The number of carbonyl (C=O) groups is 1. The zero-order valence-corrected chi connectivity index (χ0v) is 25.7. The smallest absolute Gasteiger partial charge is 0.302 e. The number of carbonyl (C=O) groups excluding carboxylic acids is 1. The molecule has 0 unspecified atom stereocenters. The minimum atomic E-state index is -2.03. The first kappa shape index (κ1) is 29.3. The molecule has 0 spiro atoms. The number of nitrogens with zero attached hydrogens (tertiary/aromatic N) is 4. The number of rotatable bonds is 9. The van der Waals surface area contributed by atoms with Crippen LogP contribution in [0, 0.1) is 0 Å². The fourth-order valence-corrected chi connectivity index (χ4v) is 5.77. The molecule has 0 amide bonds. The Morgan fingerprint density at radius 3 is 2.55 bits per heavy atom. The Kier molecular flexibility index (Phi) is 8.26. The summed E-state index contributed by atoms with van der Waals surface area (Å²) in [6.07, 6.45) is -0.453. The maximum absolute atomic E-state index is 13.1. The normalized spacial score (nSPS) is 25.2. The minimum Gasteiger partial charge on any atom is -0.463 e. The lowest BCUT2D eigenvalue weighted by Crippen LogP contribution is -2.44. The molecule has 2 fully saturated rings. The van der Waals surface area contributed by atoms with Crippen molar-refractivity contribution in [1.29, 1.82) is 0 Å². The van der Waals surface area contributed by atoms with E-state index in [4.69, 9.17) is 28.1 Å². The third kappa shape index (κ3) is 5.91. The highest BCUT2D eigenvalue weighted by atomic mass is 79.9. The summed E-state index contributed by atoms with van der Waals surface area (Å²) in [5.41, 5.74) is 0.126. The molecule has 4 heterocycles. The van der Waals surface area contributed by atoms with Gasteiger partial charge in [0.15, 0.2) is 36.2 Å². The van der Waals surface area contributed by atoms with Crippen molar-refractivity contribution in [3.63, 3.8) is 0 Å². The SMILES string of the molecule is CC(=O)OCCOCn1cnc2c(nc(Br)n2[C@@H]2O[C@H](CO[Si](C)(C)C(C)(C)C)[C@H]3OC(C)(C)O[C@H]32)c1=O. The van der Waals surface area contributed by atoms with Crippen molar-refractivity contribution in [3.8, 4) is 0 Å². The molecule has 12 nitrogen and oxygen atoms in total. The largest absolute Gasteiger partial charge is 0.463 e. The Labute approximate surface area is 231 Å². The van der Waals surface area contributed by atoms with E-state index >= 15 is 0 Å². The molecule has 2 aromatic heterocycles. The van der Waals surface area contributed by atoms with Crippen LogP contribution < -0.4 is 5.56 Å². The second kappa shape index (κ2) is 10.7. The third-order valence-electron chi connectivity index (χ3n) is 7.18. The highest BCUT2D eigenvalue weighted by Crippen LogP contribution is 2.45. The van der Waals surface area contributed by atoms with Crippen molar-refractivity contribution in [2.24, 2.45) is 0 Å². The van der Waals surface area contributed by atoms with E-state index in [0.717, 1.165) is 0 Å². The van der Waals surface area contributed by atoms with Crippen LogP contribution in [0.25, 0.3) is 11.2 Å². The highest BCUT2D eigenvalue weighted by Gasteiger charge is 2.57. The maximum atomic E-state index is 13.1. The second-order valence-electron chi connectivity index (χ2n) is 11.5. The Hall–Kier alpha value is -1.68. The van der Waals surface area contributed by atoms with Gasteiger partial charge in [-0.25, -0.2) is 9.97 Å². The van der Waals surface area contributed by atoms with Crippen LogP contribution in [-0.2, 0) is 39.6 Å². The van der Waals surface area contributed by atoms with Crippen molar-refractivity contribution in [3.05, 3.63) is 21.4 Å². The molecule has 4 rings (SSSR count). The molecule has 4 atom stereocenters. The predicted molar refractivity (Wildman–Crippen MR) is 143 cm³/mol. The number of ether oxygens (including phenoxy) is 5. The van der Waals surface area contributed by atoms with Crippen molar-refractivity contribution in [2.45, 2.75) is 96.7 Å². The molecule has 2 aliphatic rings. The van der Waals surface area contributed by atoms with Gasteiger partial charge in [0.25, 0.3) is 5.56 Å². The van der Waals surface area contributed by atoms with Crippen molar-refractivity contribution < 1.29 is 32.9 Å². The second-order valence-corrected chi connectivity index (χ2v) is 17.0. The quantitative estimate of drug-likeness (QED) is 0.179. The Bertz CT molecular complexity index is 1240. The van der Waals surface area contributed by atoms with Crippen LogP contribution >= 0.6 is 15.9 Å². The third-order valence-corrected chi connectivity index (χ3v) is 12.2. The summed E-state index contributed by atoms with van der Waals surface area (Å²) in [5.74, 6) is -1.20. The Morgan fingerprint density at radius 1 is 1.21 bits per heavy atom. The van der Waals surface area contributed by atoms with Gasteiger partial charge in [-0.3, -0.25) is 18.7 Å². The zero-order chi connectivity index (χ0) is 28.0. The van der Waals surface area contributed by atoms with E-state index in [2.05, 4.69) is 59.8 Å². The number of hydrogen-bond acceptors (Lipinski definition) is 10. The molecule has 0 bridgehead atoms. The molecule has 2 aliphatic heterocycles. The van der Waals surface area contributed by atoms with Gasteiger partial charge in [0.2, 0.25) is 0 Å². The minimum absolute atomic E-state index is 0.0499. The summed E-state index contributed by atoms with van der Waals surface area (Å²) >= 11 is 3.49. The standard InChI is InChI=1S/C24H37BrN4O8Si/c1-14(30)33-10-9-32-13-28-12-26-19-16(20(28)31)27-22(25)29(19)21-18-17(36-24(5,6)37-18)15(35-21)11-34-38(7,8)23(2,3)4/h12,15,17-18,21H,9-11,13H2,1-8H3/t15-,17-,18-,21-/m1/s1. The summed E-state index contributed by atoms with van der Waals surface area (Å²) in [6, 6.07) is 0. The number of hydrogen-bond donors (Lipinski definition) is 0. The molecule has 0 N–H and O–H groups in total. The molecular weight excluding hydrogens is 580 g/mol. The van der Waals surface area contributed by atoms with E-state index in [9.17, 15) is 9.59 Å². The van der Waals surface area contributed by atoms with Crippen LogP contribution in [0.5, 0.6) is 0 Å². The molecule has 0 radical (unpaired) electrons. The van der Waals surface area contributed by atoms with Crippen LogP contribution in [0.2, 0.25) is 18.1 Å². The lowest BCUT2D eigenvalue weighted by molar-refractivity contribution is -0.199. The van der Waals surface area contributed by atoms with Gasteiger partial charge in [0.1, 0.15) is 38.0 Å². The van der Waals surface area contributed by atoms with Crippen molar-refractivity contribution >= 4 is 41.4 Å². The van der Waals surface area contributed by atoms with Gasteiger partial charge in [-0.15, -0.1) is 0 Å². The van der Waals surface area contributed by atoms with Gasteiger partial charge in [-0.05, 0) is 47.9 Å². The monoisotopic (exact) mass is 616 g/mol. The molecule has 2 aromatic rings. The molecule has 38 heavy (non-hydrogen) atoms. The summed E-state index contributed by atoms with van der Waals surface area (Å²) < 4.78 is 39.1. The predicted octanol–water partition coefficient (Wildman–Crippen LogP) is 3.33. The Morgan fingerprint density at radius 2 is 1.89 bits per heavy atom. The van der Waals surface area contributed by atoms with Crippen molar-refractivity contribution in [1.82, 2.24) is 19.1 Å². The topological polar surface area (TPSA) is 125 Å². The van der Waals surface area contributed by atoms with Crippen LogP contribution in [0.15, 0.2) is 15.9 Å². The van der Waals surface area contributed by atoms with Gasteiger partial charge >= 0.3 is 5.97 Å². The zero-order valence-electron chi connectivity index (χ0n) is 23.1.